The molecule has 0 radical (unpaired) electrons. The van der Waals surface area contributed by atoms with Gasteiger partial charge >= 0.3 is 11.9 Å². The Hall–Kier alpha value is -1.83. The molecular weight excluding hydrogens is 252 g/mol. The van der Waals surface area contributed by atoms with Crippen LogP contribution >= 0.6 is 0 Å². The SMILES string of the molecule is CC(C)(C)OC(=O)[C@@](N)(CCCN=C(N)N)C(=O)O. The molecule has 0 aromatic carbocycles. The van der Waals surface area contributed by atoms with Crippen LogP contribution in [0.4, 0.5) is 0 Å². The number of aliphatic imine (C=N–C) groups is 1. The second-order valence-electron chi connectivity index (χ2n) is 5.19. The summed E-state index contributed by atoms with van der Waals surface area (Å²) < 4.78 is 5.01. The first-order chi connectivity index (χ1) is 8.49. The van der Waals surface area contributed by atoms with Crippen LogP contribution in [-0.2, 0) is 14.3 Å². The average molecular weight is 274 g/mol. The number of rotatable bonds is 6. The van der Waals surface area contributed by atoms with Crippen molar-refractivity contribution in [3.63, 3.8) is 0 Å². The van der Waals surface area contributed by atoms with E-state index in [0.29, 0.717) is 0 Å². The van der Waals surface area contributed by atoms with Gasteiger partial charge in [-0.1, -0.05) is 0 Å². The minimum absolute atomic E-state index is 0.102. The van der Waals surface area contributed by atoms with Crippen molar-refractivity contribution in [1.29, 1.82) is 0 Å². The summed E-state index contributed by atoms with van der Waals surface area (Å²) >= 11 is 0. The van der Waals surface area contributed by atoms with Crippen LogP contribution in [-0.4, -0.2) is 40.7 Å². The predicted molar refractivity (Wildman–Crippen MR) is 70.3 cm³/mol. The molecule has 110 valence electrons. The molecule has 8 heteroatoms. The number of guanidine groups is 1. The normalized spacial score (nSPS) is 14.3. The molecule has 0 saturated carbocycles. The molecule has 19 heavy (non-hydrogen) atoms. The van der Waals surface area contributed by atoms with Crippen molar-refractivity contribution in [2.45, 2.75) is 44.8 Å². The van der Waals surface area contributed by atoms with E-state index in [1.165, 1.54) is 0 Å². The average Bonchev–Trinajstić information content (AvgIpc) is 2.20. The van der Waals surface area contributed by atoms with Gasteiger partial charge in [-0.15, -0.1) is 0 Å². The van der Waals surface area contributed by atoms with E-state index in [0.717, 1.165) is 0 Å². The lowest BCUT2D eigenvalue weighted by molar-refractivity contribution is -0.169. The van der Waals surface area contributed by atoms with Crippen LogP contribution in [0.3, 0.4) is 0 Å². The van der Waals surface area contributed by atoms with Crippen molar-refractivity contribution in [1.82, 2.24) is 0 Å². The van der Waals surface area contributed by atoms with Gasteiger partial charge < -0.3 is 27.0 Å². The van der Waals surface area contributed by atoms with Gasteiger partial charge in [-0.3, -0.25) is 4.99 Å². The number of nitrogens with two attached hydrogens (primary N) is 3. The number of ether oxygens (including phenoxy) is 1. The molecule has 0 saturated heterocycles. The molecule has 7 N–H and O–H groups in total. The Balaban J connectivity index is 4.72. The molecule has 0 aliphatic heterocycles. The number of carbonyl (C=O) groups excluding carboxylic acids is 1. The Kier molecular flexibility index (Phi) is 5.76. The minimum atomic E-state index is -2.09. The maximum absolute atomic E-state index is 11.8. The summed E-state index contributed by atoms with van der Waals surface area (Å²) in [4.78, 5) is 26.7. The maximum atomic E-state index is 11.8. The first kappa shape index (κ1) is 17.2. The fourth-order valence-electron chi connectivity index (χ4n) is 1.23. The Bertz CT molecular complexity index is 371. The summed E-state index contributed by atoms with van der Waals surface area (Å²) in [5, 5.41) is 9.10. The minimum Gasteiger partial charge on any atom is -0.479 e. The van der Waals surface area contributed by atoms with Crippen LogP contribution < -0.4 is 17.2 Å². The number of carbonyl (C=O) groups is 2. The Labute approximate surface area is 112 Å². The summed E-state index contributed by atoms with van der Waals surface area (Å²) in [6, 6.07) is 0. The number of esters is 1. The van der Waals surface area contributed by atoms with Gasteiger partial charge in [-0.2, -0.15) is 0 Å². The molecule has 0 amide bonds. The molecule has 0 fully saturated rings. The molecule has 0 heterocycles. The van der Waals surface area contributed by atoms with Crippen LogP contribution in [0.15, 0.2) is 4.99 Å². The lowest BCUT2D eigenvalue weighted by Crippen LogP contribution is -2.57. The van der Waals surface area contributed by atoms with Gasteiger partial charge in [0.2, 0.25) is 5.54 Å². The number of hydrogen-bond acceptors (Lipinski definition) is 5. The molecule has 1 atom stereocenters. The van der Waals surface area contributed by atoms with Crippen LogP contribution in [0.25, 0.3) is 0 Å². The van der Waals surface area contributed by atoms with Crippen LogP contribution in [0.1, 0.15) is 33.6 Å². The van der Waals surface area contributed by atoms with Gasteiger partial charge in [0.15, 0.2) is 5.96 Å². The maximum Gasteiger partial charge on any atom is 0.338 e. The summed E-state index contributed by atoms with van der Waals surface area (Å²) in [5.41, 5.74) is 13.0. The number of carboxylic acids is 1. The summed E-state index contributed by atoms with van der Waals surface area (Å²) in [7, 11) is 0. The van der Waals surface area contributed by atoms with Crippen LogP contribution in [0, 0.1) is 0 Å². The van der Waals surface area contributed by atoms with Gasteiger partial charge in [-0.05, 0) is 33.6 Å². The predicted octanol–water partition coefficient (Wildman–Crippen LogP) is -0.836. The van der Waals surface area contributed by atoms with Crippen molar-refractivity contribution < 1.29 is 19.4 Å². The zero-order valence-electron chi connectivity index (χ0n) is 11.5. The van der Waals surface area contributed by atoms with E-state index in [4.69, 9.17) is 27.0 Å². The molecule has 0 bridgehead atoms. The highest BCUT2D eigenvalue weighted by Gasteiger charge is 2.44. The third-order valence-electron chi connectivity index (χ3n) is 2.17. The topological polar surface area (TPSA) is 154 Å². The highest BCUT2D eigenvalue weighted by molar-refractivity contribution is 6.03. The largest absolute Gasteiger partial charge is 0.479 e. The summed E-state index contributed by atoms with van der Waals surface area (Å²) in [5.74, 6) is -2.51. The van der Waals surface area contributed by atoms with Gasteiger partial charge in [0, 0.05) is 6.54 Å². The number of aliphatic carboxylic acids is 1. The molecular formula is C11H22N4O4. The Morgan fingerprint density at radius 3 is 2.16 bits per heavy atom. The zero-order chi connectivity index (χ0) is 15.3. The molecule has 0 rings (SSSR count). The molecule has 0 aromatic heterocycles. The summed E-state index contributed by atoms with van der Waals surface area (Å²) in [6.07, 6.45) is 0.133. The first-order valence-electron chi connectivity index (χ1n) is 5.80. The monoisotopic (exact) mass is 274 g/mol. The molecule has 0 spiro atoms. The third kappa shape index (κ3) is 6.05. The van der Waals surface area contributed by atoms with E-state index in [9.17, 15) is 9.59 Å². The van der Waals surface area contributed by atoms with Crippen molar-refractivity contribution in [2.24, 2.45) is 22.2 Å². The number of carboxylic acid groups (broad SMARTS) is 1. The second kappa shape index (κ2) is 6.37. The van der Waals surface area contributed by atoms with E-state index in [-0.39, 0.29) is 25.3 Å². The van der Waals surface area contributed by atoms with E-state index in [1.54, 1.807) is 20.8 Å². The fraction of sp³-hybridized carbons (Fsp3) is 0.727. The zero-order valence-corrected chi connectivity index (χ0v) is 11.5. The summed E-state index contributed by atoms with van der Waals surface area (Å²) in [6.45, 7) is 5.09. The lowest BCUT2D eigenvalue weighted by atomic mass is 9.94. The Morgan fingerprint density at radius 2 is 1.79 bits per heavy atom. The van der Waals surface area contributed by atoms with Gasteiger partial charge in [0.1, 0.15) is 5.60 Å². The van der Waals surface area contributed by atoms with Crippen molar-refractivity contribution in [3.8, 4) is 0 Å². The van der Waals surface area contributed by atoms with E-state index in [2.05, 4.69) is 4.99 Å². The quantitative estimate of drug-likeness (QED) is 0.162. The molecule has 0 aliphatic rings. The van der Waals surface area contributed by atoms with Gasteiger partial charge in [0.25, 0.3) is 0 Å². The standard InChI is InChI=1S/C11H22N4O4/c1-10(2,3)19-8(18)11(14,7(16)17)5-4-6-15-9(12)13/h4-6,14H2,1-3H3,(H,16,17)(H4,12,13,15)/t11-/m1/s1. The third-order valence-corrected chi connectivity index (χ3v) is 2.17. The molecule has 0 aliphatic carbocycles. The Morgan fingerprint density at radius 1 is 1.26 bits per heavy atom. The second-order valence-corrected chi connectivity index (χ2v) is 5.19. The van der Waals surface area contributed by atoms with E-state index < -0.39 is 23.1 Å². The van der Waals surface area contributed by atoms with E-state index >= 15 is 0 Å². The fourth-order valence-corrected chi connectivity index (χ4v) is 1.23. The molecule has 0 aromatic rings. The molecule has 0 unspecified atom stereocenters. The lowest BCUT2D eigenvalue weighted by Gasteiger charge is -2.27. The van der Waals surface area contributed by atoms with Crippen molar-refractivity contribution in [2.75, 3.05) is 6.54 Å². The van der Waals surface area contributed by atoms with Gasteiger partial charge in [-0.25, -0.2) is 9.59 Å². The van der Waals surface area contributed by atoms with Crippen molar-refractivity contribution >= 4 is 17.9 Å². The van der Waals surface area contributed by atoms with E-state index in [1.807, 2.05) is 0 Å². The number of hydrogen-bond donors (Lipinski definition) is 4. The number of nitrogens with zero attached hydrogens (tertiary/aromatic N) is 1. The first-order valence-corrected chi connectivity index (χ1v) is 5.80. The van der Waals surface area contributed by atoms with Crippen LogP contribution in [0.2, 0.25) is 0 Å². The van der Waals surface area contributed by atoms with Crippen LogP contribution in [0.5, 0.6) is 0 Å². The van der Waals surface area contributed by atoms with Gasteiger partial charge in [0.05, 0.1) is 0 Å². The highest BCUT2D eigenvalue weighted by atomic mass is 16.6. The van der Waals surface area contributed by atoms with Crippen molar-refractivity contribution in [3.05, 3.63) is 0 Å². The molecule has 8 nitrogen and oxygen atoms in total. The highest BCUT2D eigenvalue weighted by Crippen LogP contribution is 2.17. The smallest absolute Gasteiger partial charge is 0.338 e.